The number of carbonyl (C=O) groups is 2. The van der Waals surface area contributed by atoms with E-state index in [-0.39, 0.29) is 21.9 Å². The number of rotatable bonds is 5. The molecule has 0 saturated carbocycles. The molecule has 1 heterocycles. The van der Waals surface area contributed by atoms with Crippen LogP contribution in [0.3, 0.4) is 0 Å². The summed E-state index contributed by atoms with van der Waals surface area (Å²) in [4.78, 5) is 23.7. The van der Waals surface area contributed by atoms with Gasteiger partial charge in [-0.3, -0.25) is 9.59 Å². The number of hydrogen-bond donors (Lipinski definition) is 3. The zero-order chi connectivity index (χ0) is 15.5. The molecule has 0 bridgehead atoms. The van der Waals surface area contributed by atoms with Crippen molar-refractivity contribution in [2.45, 2.75) is 26.2 Å². The van der Waals surface area contributed by atoms with Crippen LogP contribution in [-0.4, -0.2) is 24.9 Å². The SMILES string of the molecule is CCCC1(C(=O)Nc2ccc(C(N)=O)c(Cl)c2)CCNC1. The Labute approximate surface area is 129 Å². The first-order valence-corrected chi connectivity index (χ1v) is 7.48. The number of amides is 2. The van der Waals surface area contributed by atoms with Crippen LogP contribution >= 0.6 is 11.6 Å². The highest BCUT2D eigenvalue weighted by Gasteiger charge is 2.40. The van der Waals surface area contributed by atoms with E-state index in [2.05, 4.69) is 17.6 Å². The Hall–Kier alpha value is -1.59. The molecule has 1 fully saturated rings. The number of primary amides is 1. The highest BCUT2D eigenvalue weighted by molar-refractivity contribution is 6.34. The van der Waals surface area contributed by atoms with Gasteiger partial charge in [0.2, 0.25) is 11.8 Å². The van der Waals surface area contributed by atoms with Gasteiger partial charge >= 0.3 is 0 Å². The lowest BCUT2D eigenvalue weighted by Crippen LogP contribution is -2.38. The molecule has 1 aliphatic rings. The maximum absolute atomic E-state index is 12.6. The summed E-state index contributed by atoms with van der Waals surface area (Å²) in [5, 5.41) is 6.40. The fourth-order valence-corrected chi connectivity index (χ4v) is 3.07. The third kappa shape index (κ3) is 3.36. The minimum Gasteiger partial charge on any atom is -0.366 e. The van der Waals surface area contributed by atoms with E-state index in [0.717, 1.165) is 25.8 Å². The van der Waals surface area contributed by atoms with Crippen LogP contribution in [0.25, 0.3) is 0 Å². The summed E-state index contributed by atoms with van der Waals surface area (Å²) in [6.07, 6.45) is 2.63. The second-order valence-corrected chi connectivity index (χ2v) is 5.88. The van der Waals surface area contributed by atoms with Gasteiger partial charge < -0.3 is 16.4 Å². The van der Waals surface area contributed by atoms with Gasteiger partial charge in [-0.1, -0.05) is 24.9 Å². The van der Waals surface area contributed by atoms with Crippen molar-refractivity contribution in [3.63, 3.8) is 0 Å². The predicted octanol–water partition coefficient (Wildman–Crippen LogP) is 2.16. The van der Waals surface area contributed by atoms with Crippen LogP contribution in [0, 0.1) is 5.41 Å². The second-order valence-electron chi connectivity index (χ2n) is 5.47. The van der Waals surface area contributed by atoms with E-state index in [9.17, 15) is 9.59 Å². The first kappa shape index (κ1) is 15.8. The van der Waals surface area contributed by atoms with E-state index in [1.807, 2.05) is 0 Å². The van der Waals surface area contributed by atoms with E-state index in [0.29, 0.717) is 12.2 Å². The van der Waals surface area contributed by atoms with Crippen molar-refractivity contribution in [2.24, 2.45) is 11.1 Å². The molecule has 0 spiro atoms. The topological polar surface area (TPSA) is 84.2 Å². The number of anilines is 1. The third-order valence-corrected chi connectivity index (χ3v) is 4.26. The van der Waals surface area contributed by atoms with Gasteiger partial charge in [0.25, 0.3) is 0 Å². The van der Waals surface area contributed by atoms with Crippen molar-refractivity contribution >= 4 is 29.1 Å². The molecular weight excluding hydrogens is 290 g/mol. The number of nitrogens with two attached hydrogens (primary N) is 1. The molecule has 1 unspecified atom stereocenters. The van der Waals surface area contributed by atoms with E-state index < -0.39 is 5.91 Å². The fraction of sp³-hybridized carbons (Fsp3) is 0.467. The van der Waals surface area contributed by atoms with Crippen molar-refractivity contribution in [2.75, 3.05) is 18.4 Å². The highest BCUT2D eigenvalue weighted by atomic mass is 35.5. The van der Waals surface area contributed by atoms with Gasteiger partial charge in [0, 0.05) is 12.2 Å². The Morgan fingerprint density at radius 1 is 1.48 bits per heavy atom. The summed E-state index contributed by atoms with van der Waals surface area (Å²) in [6.45, 7) is 3.63. The summed E-state index contributed by atoms with van der Waals surface area (Å²) in [5.74, 6) is -0.586. The summed E-state index contributed by atoms with van der Waals surface area (Å²) in [6, 6.07) is 4.73. The maximum Gasteiger partial charge on any atom is 0.250 e. The van der Waals surface area contributed by atoms with Crippen molar-refractivity contribution in [1.29, 1.82) is 0 Å². The van der Waals surface area contributed by atoms with Crippen molar-refractivity contribution in [1.82, 2.24) is 5.32 Å². The van der Waals surface area contributed by atoms with Crippen LogP contribution in [-0.2, 0) is 4.79 Å². The van der Waals surface area contributed by atoms with Gasteiger partial charge in [-0.2, -0.15) is 0 Å². The van der Waals surface area contributed by atoms with Crippen LogP contribution in [0.1, 0.15) is 36.5 Å². The van der Waals surface area contributed by atoms with E-state index in [4.69, 9.17) is 17.3 Å². The van der Waals surface area contributed by atoms with Gasteiger partial charge in [-0.15, -0.1) is 0 Å². The third-order valence-electron chi connectivity index (χ3n) is 3.95. The monoisotopic (exact) mass is 309 g/mol. The summed E-state index contributed by atoms with van der Waals surface area (Å²) in [5.41, 5.74) is 5.68. The van der Waals surface area contributed by atoms with Gasteiger partial charge in [-0.25, -0.2) is 0 Å². The lowest BCUT2D eigenvalue weighted by Gasteiger charge is -2.26. The van der Waals surface area contributed by atoms with Crippen LogP contribution < -0.4 is 16.4 Å². The molecule has 5 nitrogen and oxygen atoms in total. The Morgan fingerprint density at radius 3 is 2.76 bits per heavy atom. The van der Waals surface area contributed by atoms with Gasteiger partial charge in [0.15, 0.2) is 0 Å². The van der Waals surface area contributed by atoms with E-state index >= 15 is 0 Å². The lowest BCUT2D eigenvalue weighted by atomic mass is 9.81. The lowest BCUT2D eigenvalue weighted by molar-refractivity contribution is -0.125. The number of carbonyl (C=O) groups excluding carboxylic acids is 2. The molecule has 6 heteroatoms. The van der Waals surface area contributed by atoms with Crippen LogP contribution in [0.15, 0.2) is 18.2 Å². The first-order valence-electron chi connectivity index (χ1n) is 7.10. The van der Waals surface area contributed by atoms with E-state index in [1.54, 1.807) is 12.1 Å². The minimum atomic E-state index is -0.583. The molecule has 0 aromatic heterocycles. The Bertz CT molecular complexity index is 554. The molecule has 21 heavy (non-hydrogen) atoms. The average molecular weight is 310 g/mol. The Kier molecular flexibility index (Phi) is 4.85. The van der Waals surface area contributed by atoms with Crippen molar-refractivity contribution < 1.29 is 9.59 Å². The molecule has 0 radical (unpaired) electrons. The molecule has 1 saturated heterocycles. The van der Waals surface area contributed by atoms with Crippen molar-refractivity contribution in [3.8, 4) is 0 Å². The van der Waals surface area contributed by atoms with E-state index in [1.165, 1.54) is 6.07 Å². The molecule has 4 N–H and O–H groups in total. The van der Waals surface area contributed by atoms with Gasteiger partial charge in [0.1, 0.15) is 0 Å². The van der Waals surface area contributed by atoms with Crippen LogP contribution in [0.2, 0.25) is 5.02 Å². The largest absolute Gasteiger partial charge is 0.366 e. The van der Waals surface area contributed by atoms with Gasteiger partial charge in [0.05, 0.1) is 16.0 Å². The molecule has 114 valence electrons. The molecule has 2 rings (SSSR count). The number of halogens is 1. The van der Waals surface area contributed by atoms with Crippen molar-refractivity contribution in [3.05, 3.63) is 28.8 Å². The molecular formula is C15H20ClN3O2. The normalized spacial score (nSPS) is 21.2. The molecule has 1 atom stereocenters. The Morgan fingerprint density at radius 2 is 2.24 bits per heavy atom. The maximum atomic E-state index is 12.6. The number of nitrogens with one attached hydrogen (secondary N) is 2. The molecule has 1 aromatic carbocycles. The summed E-state index contributed by atoms with van der Waals surface area (Å²) in [7, 11) is 0. The van der Waals surface area contributed by atoms with Crippen LogP contribution in [0.5, 0.6) is 0 Å². The highest BCUT2D eigenvalue weighted by Crippen LogP contribution is 2.33. The zero-order valence-corrected chi connectivity index (χ0v) is 12.8. The van der Waals surface area contributed by atoms with Gasteiger partial charge in [-0.05, 0) is 37.6 Å². The number of benzene rings is 1. The fourth-order valence-electron chi connectivity index (χ4n) is 2.80. The zero-order valence-electron chi connectivity index (χ0n) is 12.0. The predicted molar refractivity (Wildman–Crippen MR) is 83.4 cm³/mol. The minimum absolute atomic E-state index is 0.00255. The number of hydrogen-bond acceptors (Lipinski definition) is 3. The molecule has 1 aromatic rings. The Balaban J connectivity index is 2.15. The second kappa shape index (κ2) is 6.45. The standard InChI is InChI=1S/C15H20ClN3O2/c1-2-5-15(6-7-18-9-15)14(21)19-10-3-4-11(13(17)20)12(16)8-10/h3-4,8,18H,2,5-7,9H2,1H3,(H2,17,20)(H,19,21). The quantitative estimate of drug-likeness (QED) is 0.779. The molecule has 0 aliphatic carbocycles. The first-order chi connectivity index (χ1) is 9.98. The average Bonchev–Trinajstić information content (AvgIpc) is 2.88. The molecule has 1 aliphatic heterocycles. The van der Waals surface area contributed by atoms with Crippen LogP contribution in [0.4, 0.5) is 5.69 Å². The smallest absolute Gasteiger partial charge is 0.250 e. The summed E-state index contributed by atoms with van der Waals surface area (Å²) >= 11 is 6.00. The summed E-state index contributed by atoms with van der Waals surface area (Å²) < 4.78 is 0. The molecule has 2 amide bonds.